The van der Waals surface area contributed by atoms with Gasteiger partial charge in [-0.05, 0) is 13.0 Å². The third-order valence-corrected chi connectivity index (χ3v) is 2.28. The largest absolute Gasteiger partial charge is 0.434 e. The summed E-state index contributed by atoms with van der Waals surface area (Å²) in [5.41, 5.74) is -1.89. The van der Waals surface area contributed by atoms with Crippen LogP contribution in [0.15, 0.2) is 12.1 Å². The highest BCUT2D eigenvalue weighted by Gasteiger charge is 2.36. The number of benzene rings is 1. The molecule has 8 heteroatoms. The molecule has 0 radical (unpaired) electrons. The minimum absolute atomic E-state index is 0.383. The van der Waals surface area contributed by atoms with Crippen molar-refractivity contribution in [1.29, 1.82) is 0 Å². The molecule has 100 valence electrons. The van der Waals surface area contributed by atoms with Gasteiger partial charge in [-0.3, -0.25) is 4.79 Å². The third-order valence-electron chi connectivity index (χ3n) is 1.97. The average Bonchev–Trinajstić information content (AvgIpc) is 2.13. The van der Waals surface area contributed by atoms with Crippen LogP contribution in [-0.4, -0.2) is 12.4 Å². The fourth-order valence-electron chi connectivity index (χ4n) is 1.24. The molecule has 1 rings (SSSR count). The van der Waals surface area contributed by atoms with E-state index in [4.69, 9.17) is 11.6 Å². The van der Waals surface area contributed by atoms with Crippen LogP contribution in [0.1, 0.15) is 22.8 Å². The molecular weight excluding hydrogens is 283 g/mol. The normalized spacial score (nSPS) is 11.8. The first-order chi connectivity index (χ1) is 8.12. The second kappa shape index (κ2) is 5.09. The zero-order valence-corrected chi connectivity index (χ0v) is 9.57. The Morgan fingerprint density at radius 3 is 2.28 bits per heavy atom. The number of carbonyl (C=O) groups excluding carboxylic acids is 1. The lowest BCUT2D eigenvalue weighted by Crippen LogP contribution is -2.13. The van der Waals surface area contributed by atoms with Crippen LogP contribution in [-0.2, 0) is 6.18 Å². The first kappa shape index (κ1) is 14.7. The van der Waals surface area contributed by atoms with Crippen molar-refractivity contribution in [3.63, 3.8) is 0 Å². The molecule has 0 aliphatic carbocycles. The fourth-order valence-corrected chi connectivity index (χ4v) is 1.53. The Morgan fingerprint density at radius 2 is 1.89 bits per heavy atom. The summed E-state index contributed by atoms with van der Waals surface area (Å²) in [4.78, 5) is 11.0. The molecule has 0 aliphatic rings. The zero-order valence-electron chi connectivity index (χ0n) is 8.82. The van der Waals surface area contributed by atoms with Crippen molar-refractivity contribution in [3.05, 3.63) is 28.3 Å². The van der Waals surface area contributed by atoms with Crippen LogP contribution in [0.4, 0.5) is 22.0 Å². The smallest absolute Gasteiger partial charge is 0.419 e. The Bertz CT molecular complexity index is 470. The molecule has 0 saturated heterocycles. The van der Waals surface area contributed by atoms with Crippen molar-refractivity contribution in [2.45, 2.75) is 19.7 Å². The summed E-state index contributed by atoms with van der Waals surface area (Å²) < 4.78 is 65.5. The highest BCUT2D eigenvalue weighted by atomic mass is 35.5. The van der Waals surface area contributed by atoms with Crippen LogP contribution in [0.3, 0.4) is 0 Å². The molecule has 0 aliphatic heterocycles. The van der Waals surface area contributed by atoms with Crippen LogP contribution in [0.25, 0.3) is 0 Å². The minimum atomic E-state index is -4.93. The molecule has 0 spiro atoms. The van der Waals surface area contributed by atoms with Gasteiger partial charge in [0.15, 0.2) is 5.78 Å². The van der Waals surface area contributed by atoms with E-state index in [1.807, 2.05) is 0 Å². The van der Waals surface area contributed by atoms with Gasteiger partial charge in [0.2, 0.25) is 0 Å². The van der Waals surface area contributed by atoms with Gasteiger partial charge < -0.3 is 4.74 Å². The minimum Gasteiger partial charge on any atom is -0.434 e. The predicted octanol–water partition coefficient (Wildman–Crippen LogP) is 4.16. The van der Waals surface area contributed by atoms with Crippen molar-refractivity contribution < 1.29 is 31.5 Å². The summed E-state index contributed by atoms with van der Waals surface area (Å²) in [5.74, 6) is -1.83. The lowest BCUT2D eigenvalue weighted by Gasteiger charge is -2.15. The number of rotatable bonds is 3. The lowest BCUT2D eigenvalue weighted by molar-refractivity contribution is -0.141. The number of Topliss-reactive ketones (excluding diaryl/α,β-unsaturated/α-hetero) is 1. The van der Waals surface area contributed by atoms with Gasteiger partial charge in [-0.15, -0.1) is 0 Å². The summed E-state index contributed by atoms with van der Waals surface area (Å²) in [5, 5.41) is -0.383. The first-order valence-electron chi connectivity index (χ1n) is 4.49. The van der Waals surface area contributed by atoms with Crippen LogP contribution in [0.2, 0.25) is 5.02 Å². The van der Waals surface area contributed by atoms with E-state index in [-0.39, 0.29) is 5.02 Å². The maximum Gasteiger partial charge on any atom is 0.419 e. The van der Waals surface area contributed by atoms with Crippen LogP contribution in [0, 0.1) is 0 Å². The zero-order chi connectivity index (χ0) is 14.1. The van der Waals surface area contributed by atoms with E-state index in [9.17, 15) is 26.7 Å². The van der Waals surface area contributed by atoms with Gasteiger partial charge in [0.05, 0.1) is 10.6 Å². The van der Waals surface area contributed by atoms with Gasteiger partial charge in [0, 0.05) is 11.6 Å². The SMILES string of the molecule is CC(=O)c1cc(C(F)(F)F)c(OC(F)F)cc1Cl. The molecule has 0 amide bonds. The Labute approximate surface area is 103 Å². The number of ether oxygens (including phenoxy) is 1. The maximum atomic E-state index is 12.6. The molecule has 0 N–H and O–H groups in total. The van der Waals surface area contributed by atoms with E-state index in [1.165, 1.54) is 0 Å². The van der Waals surface area contributed by atoms with E-state index >= 15 is 0 Å². The quantitative estimate of drug-likeness (QED) is 0.616. The number of hydrogen-bond acceptors (Lipinski definition) is 2. The van der Waals surface area contributed by atoms with Crippen molar-refractivity contribution in [2.75, 3.05) is 0 Å². The summed E-state index contributed by atoms with van der Waals surface area (Å²) in [6, 6.07) is 0.940. The Kier molecular flexibility index (Phi) is 4.16. The first-order valence-corrected chi connectivity index (χ1v) is 4.87. The molecule has 1 aromatic carbocycles. The highest BCUT2D eigenvalue weighted by Crippen LogP contribution is 2.39. The van der Waals surface area contributed by atoms with Gasteiger partial charge in [-0.1, -0.05) is 11.6 Å². The third kappa shape index (κ3) is 3.32. The van der Waals surface area contributed by atoms with Gasteiger partial charge in [-0.25, -0.2) is 0 Å². The summed E-state index contributed by atoms with van der Waals surface area (Å²) in [6.07, 6.45) is -4.93. The number of carbonyl (C=O) groups is 1. The van der Waals surface area contributed by atoms with Crippen molar-refractivity contribution in [3.8, 4) is 5.75 Å². The molecule has 18 heavy (non-hydrogen) atoms. The number of ketones is 1. The van der Waals surface area contributed by atoms with E-state index in [0.29, 0.717) is 12.1 Å². The molecule has 0 atom stereocenters. The van der Waals surface area contributed by atoms with Crippen LogP contribution >= 0.6 is 11.6 Å². The van der Waals surface area contributed by atoms with E-state index in [0.717, 1.165) is 6.92 Å². The fraction of sp³-hybridized carbons (Fsp3) is 0.300. The lowest BCUT2D eigenvalue weighted by atomic mass is 10.1. The van der Waals surface area contributed by atoms with E-state index in [2.05, 4.69) is 4.74 Å². The predicted molar refractivity (Wildman–Crippen MR) is 53.1 cm³/mol. The van der Waals surface area contributed by atoms with Crippen LogP contribution in [0.5, 0.6) is 5.75 Å². The molecule has 1 aromatic rings. The van der Waals surface area contributed by atoms with Crippen molar-refractivity contribution >= 4 is 17.4 Å². The standard InChI is InChI=1S/C10H6ClF5O2/c1-4(17)5-2-6(10(14,15)16)8(3-7(5)11)18-9(12)13/h2-3,9H,1H3. The van der Waals surface area contributed by atoms with Crippen LogP contribution < -0.4 is 4.74 Å². The Balaban J connectivity index is 3.42. The Hall–Kier alpha value is -1.37. The molecule has 2 nitrogen and oxygen atoms in total. The van der Waals surface area contributed by atoms with Gasteiger partial charge in [0.1, 0.15) is 5.75 Å². The second-order valence-corrected chi connectivity index (χ2v) is 3.67. The molecular formula is C10H6ClF5O2. The van der Waals surface area contributed by atoms with E-state index in [1.54, 1.807) is 0 Å². The van der Waals surface area contributed by atoms with Gasteiger partial charge in [0.25, 0.3) is 0 Å². The van der Waals surface area contributed by atoms with Crippen molar-refractivity contribution in [2.24, 2.45) is 0 Å². The molecule has 0 aromatic heterocycles. The van der Waals surface area contributed by atoms with Crippen molar-refractivity contribution in [1.82, 2.24) is 0 Å². The van der Waals surface area contributed by atoms with Gasteiger partial charge in [-0.2, -0.15) is 22.0 Å². The number of alkyl halides is 5. The average molecular weight is 289 g/mol. The monoisotopic (exact) mass is 288 g/mol. The molecule has 0 saturated carbocycles. The molecule has 0 bridgehead atoms. The van der Waals surface area contributed by atoms with E-state index < -0.39 is 35.4 Å². The highest BCUT2D eigenvalue weighted by molar-refractivity contribution is 6.34. The summed E-state index contributed by atoms with van der Waals surface area (Å²) >= 11 is 5.52. The second-order valence-electron chi connectivity index (χ2n) is 3.26. The molecule has 0 fully saturated rings. The van der Waals surface area contributed by atoms with Gasteiger partial charge >= 0.3 is 12.8 Å². The number of hydrogen-bond donors (Lipinski definition) is 0. The molecule has 0 unspecified atom stereocenters. The maximum absolute atomic E-state index is 12.6. The topological polar surface area (TPSA) is 26.3 Å². The summed E-state index contributed by atoms with van der Waals surface area (Å²) in [6.45, 7) is -2.42. The molecule has 0 heterocycles. The Morgan fingerprint density at radius 1 is 1.33 bits per heavy atom. The number of halogens is 6. The summed E-state index contributed by atoms with van der Waals surface area (Å²) in [7, 11) is 0.